The van der Waals surface area contributed by atoms with Gasteiger partial charge in [-0.1, -0.05) is 36.4 Å². The van der Waals surface area contributed by atoms with Crippen LogP contribution in [-0.4, -0.2) is 48.2 Å². The third-order valence-corrected chi connectivity index (χ3v) is 6.15. The summed E-state index contributed by atoms with van der Waals surface area (Å²) in [5.74, 6) is -0.634. The highest BCUT2D eigenvalue weighted by molar-refractivity contribution is 7.89. The van der Waals surface area contributed by atoms with Gasteiger partial charge in [0.25, 0.3) is 11.5 Å². The first-order chi connectivity index (χ1) is 14.3. The molecule has 30 heavy (non-hydrogen) atoms. The zero-order valence-corrected chi connectivity index (χ0v) is 17.3. The lowest BCUT2D eigenvalue weighted by Crippen LogP contribution is -2.36. The standard InChI is InChI=1S/C20H21N5O4S/c1-15-18(20(27)25(23-15)16-9-5-3-6-10-16)13-21-22-19(26)14-24(2)30(28,29)17-11-7-4-8-12-17/h3-13,23H,14H2,1-2H3,(H,22,26)/b21-13-. The molecule has 0 radical (unpaired) electrons. The van der Waals surface area contributed by atoms with E-state index >= 15 is 0 Å². The Balaban J connectivity index is 1.67. The quantitative estimate of drug-likeness (QED) is 0.436. The van der Waals surface area contributed by atoms with Crippen LogP contribution in [0.25, 0.3) is 5.69 Å². The van der Waals surface area contributed by atoms with Crippen molar-refractivity contribution in [1.82, 2.24) is 19.5 Å². The number of hydrazone groups is 1. The number of aryl methyl sites for hydroxylation is 1. The van der Waals surface area contributed by atoms with Crippen LogP contribution >= 0.6 is 0 Å². The summed E-state index contributed by atoms with van der Waals surface area (Å²) < 4.78 is 27.2. The molecule has 0 spiro atoms. The minimum absolute atomic E-state index is 0.0909. The Kier molecular flexibility index (Phi) is 6.28. The van der Waals surface area contributed by atoms with Crippen molar-refractivity contribution in [1.29, 1.82) is 0 Å². The molecular formula is C20H21N5O4S. The lowest BCUT2D eigenvalue weighted by atomic mass is 10.3. The average molecular weight is 427 g/mol. The number of carbonyl (C=O) groups excluding carboxylic acids is 1. The second kappa shape index (κ2) is 8.89. The molecule has 0 fully saturated rings. The minimum atomic E-state index is -3.79. The highest BCUT2D eigenvalue weighted by Crippen LogP contribution is 2.12. The number of nitrogens with one attached hydrogen (secondary N) is 2. The molecule has 10 heteroatoms. The van der Waals surface area contributed by atoms with Crippen LogP contribution in [0.15, 0.2) is 75.5 Å². The molecule has 0 aliphatic carbocycles. The molecule has 3 aromatic rings. The van der Waals surface area contributed by atoms with Crippen molar-refractivity contribution in [2.45, 2.75) is 11.8 Å². The Bertz CT molecular complexity index is 1220. The maximum absolute atomic E-state index is 12.6. The molecule has 9 nitrogen and oxygen atoms in total. The topological polar surface area (TPSA) is 117 Å². The van der Waals surface area contributed by atoms with E-state index in [2.05, 4.69) is 15.6 Å². The molecule has 2 N–H and O–H groups in total. The first kappa shape index (κ1) is 21.2. The Labute approximate surface area is 173 Å². The molecule has 1 amide bonds. The number of H-pyrrole nitrogens is 1. The van der Waals surface area contributed by atoms with Crippen molar-refractivity contribution in [2.24, 2.45) is 5.10 Å². The van der Waals surface area contributed by atoms with Crippen LogP contribution in [0.5, 0.6) is 0 Å². The summed E-state index contributed by atoms with van der Waals surface area (Å²) in [5.41, 5.74) is 3.46. The van der Waals surface area contributed by atoms with Gasteiger partial charge in [0, 0.05) is 12.7 Å². The number of aromatic amines is 1. The largest absolute Gasteiger partial charge is 0.295 e. The van der Waals surface area contributed by atoms with E-state index in [0.717, 1.165) is 4.31 Å². The number of sulfonamides is 1. The number of hydrogen-bond acceptors (Lipinski definition) is 5. The van der Waals surface area contributed by atoms with Gasteiger partial charge in [-0.25, -0.2) is 18.5 Å². The summed E-state index contributed by atoms with van der Waals surface area (Å²) in [4.78, 5) is 24.8. The van der Waals surface area contributed by atoms with Crippen molar-refractivity contribution >= 4 is 22.1 Å². The van der Waals surface area contributed by atoms with Crippen LogP contribution in [0, 0.1) is 6.92 Å². The maximum atomic E-state index is 12.6. The normalized spacial score (nSPS) is 11.8. The van der Waals surface area contributed by atoms with Gasteiger partial charge >= 0.3 is 0 Å². The van der Waals surface area contributed by atoms with Crippen molar-refractivity contribution in [2.75, 3.05) is 13.6 Å². The Morgan fingerprint density at radius 3 is 2.37 bits per heavy atom. The van der Waals surface area contributed by atoms with Crippen LogP contribution < -0.4 is 11.0 Å². The van der Waals surface area contributed by atoms with E-state index in [1.807, 2.05) is 18.2 Å². The molecule has 2 aromatic carbocycles. The second-order valence-electron chi connectivity index (χ2n) is 6.49. The van der Waals surface area contributed by atoms with E-state index in [-0.39, 0.29) is 16.0 Å². The Morgan fingerprint density at radius 1 is 1.13 bits per heavy atom. The van der Waals surface area contributed by atoms with E-state index in [9.17, 15) is 18.0 Å². The maximum Gasteiger partial charge on any atom is 0.280 e. The van der Waals surface area contributed by atoms with Gasteiger partial charge in [0.15, 0.2) is 0 Å². The highest BCUT2D eigenvalue weighted by Gasteiger charge is 2.22. The molecule has 0 unspecified atom stereocenters. The predicted octanol–water partition coefficient (Wildman–Crippen LogP) is 1.24. The Morgan fingerprint density at radius 2 is 1.73 bits per heavy atom. The first-order valence-corrected chi connectivity index (χ1v) is 10.4. The molecule has 1 heterocycles. The molecule has 3 rings (SSSR count). The van der Waals surface area contributed by atoms with Gasteiger partial charge in [-0.15, -0.1) is 0 Å². The lowest BCUT2D eigenvalue weighted by molar-refractivity contribution is -0.121. The second-order valence-corrected chi connectivity index (χ2v) is 8.54. The van der Waals surface area contributed by atoms with Gasteiger partial charge in [0.05, 0.1) is 28.9 Å². The van der Waals surface area contributed by atoms with Gasteiger partial charge < -0.3 is 0 Å². The van der Waals surface area contributed by atoms with E-state index < -0.39 is 22.5 Å². The van der Waals surface area contributed by atoms with Crippen molar-refractivity contribution in [3.05, 3.63) is 82.3 Å². The van der Waals surface area contributed by atoms with Crippen molar-refractivity contribution < 1.29 is 13.2 Å². The summed E-state index contributed by atoms with van der Waals surface area (Å²) in [6, 6.07) is 16.8. The lowest BCUT2D eigenvalue weighted by Gasteiger charge is -2.15. The van der Waals surface area contributed by atoms with Crippen LogP contribution in [0.1, 0.15) is 11.3 Å². The molecule has 0 aliphatic heterocycles. The number of likely N-dealkylation sites (N-methyl/N-ethyl adjacent to an activating group) is 1. The van der Waals surface area contributed by atoms with Gasteiger partial charge in [-0.2, -0.15) is 9.41 Å². The molecule has 0 saturated carbocycles. The molecule has 0 bridgehead atoms. The number of carbonyl (C=O) groups is 1. The van der Waals surface area contributed by atoms with Gasteiger partial charge in [0.2, 0.25) is 10.0 Å². The van der Waals surface area contributed by atoms with E-state index in [1.54, 1.807) is 37.3 Å². The average Bonchev–Trinajstić information content (AvgIpc) is 3.03. The van der Waals surface area contributed by atoms with Gasteiger partial charge in [-0.05, 0) is 31.2 Å². The third kappa shape index (κ3) is 4.56. The molecule has 0 aliphatic rings. The summed E-state index contributed by atoms with van der Waals surface area (Å²) in [6.07, 6.45) is 1.23. The monoisotopic (exact) mass is 427 g/mol. The number of rotatable bonds is 7. The zero-order chi connectivity index (χ0) is 21.7. The van der Waals surface area contributed by atoms with Crippen LogP contribution in [0.4, 0.5) is 0 Å². The molecule has 0 atom stereocenters. The van der Waals surface area contributed by atoms with Crippen molar-refractivity contribution in [3.63, 3.8) is 0 Å². The van der Waals surface area contributed by atoms with E-state index in [4.69, 9.17) is 0 Å². The van der Waals surface area contributed by atoms with Gasteiger partial charge in [0.1, 0.15) is 0 Å². The SMILES string of the molecule is Cc1[nH]n(-c2ccccc2)c(=O)c1/C=N\NC(=O)CN(C)S(=O)(=O)c1ccccc1. The number of aromatic nitrogens is 2. The zero-order valence-electron chi connectivity index (χ0n) is 16.4. The van der Waals surface area contributed by atoms with Crippen LogP contribution in [0.2, 0.25) is 0 Å². The third-order valence-electron chi connectivity index (χ3n) is 4.33. The van der Waals surface area contributed by atoms with Crippen molar-refractivity contribution in [3.8, 4) is 5.69 Å². The fourth-order valence-corrected chi connectivity index (χ4v) is 3.88. The minimum Gasteiger partial charge on any atom is -0.295 e. The number of amides is 1. The van der Waals surface area contributed by atoms with E-state index in [1.165, 1.54) is 30.1 Å². The summed E-state index contributed by atoms with van der Waals surface area (Å²) in [5, 5.41) is 6.75. The Hall–Kier alpha value is -3.50. The fraction of sp³-hybridized carbons (Fsp3) is 0.150. The molecule has 156 valence electrons. The van der Waals surface area contributed by atoms with E-state index in [0.29, 0.717) is 11.4 Å². The molecule has 0 saturated heterocycles. The number of nitrogens with zero attached hydrogens (tertiary/aromatic N) is 3. The number of benzene rings is 2. The first-order valence-electron chi connectivity index (χ1n) is 9.01. The smallest absolute Gasteiger partial charge is 0.280 e. The molecule has 1 aromatic heterocycles. The fourth-order valence-electron chi connectivity index (χ4n) is 2.73. The van der Waals surface area contributed by atoms with Gasteiger partial charge in [-0.3, -0.25) is 14.7 Å². The predicted molar refractivity (Wildman–Crippen MR) is 113 cm³/mol. The molecular weight excluding hydrogens is 406 g/mol. The summed E-state index contributed by atoms with van der Waals surface area (Å²) in [6.45, 7) is 1.29. The van der Waals surface area contributed by atoms with Crippen LogP contribution in [0.3, 0.4) is 0 Å². The van der Waals surface area contributed by atoms with Crippen LogP contribution in [-0.2, 0) is 14.8 Å². The highest BCUT2D eigenvalue weighted by atomic mass is 32.2. The number of para-hydroxylation sites is 1. The summed E-state index contributed by atoms with van der Waals surface area (Å²) in [7, 11) is -2.48. The summed E-state index contributed by atoms with van der Waals surface area (Å²) >= 11 is 0. The number of hydrogen-bond donors (Lipinski definition) is 2.